The molecule has 1 rings (SSSR count). The Labute approximate surface area is 74.9 Å². The van der Waals surface area contributed by atoms with E-state index in [-0.39, 0.29) is 0 Å². The molecule has 1 fully saturated rings. The van der Waals surface area contributed by atoms with E-state index >= 15 is 0 Å². The molecule has 0 aliphatic heterocycles. The molecule has 12 heavy (non-hydrogen) atoms. The van der Waals surface area contributed by atoms with E-state index in [1.165, 1.54) is 19.3 Å². The average Bonchev–Trinajstić information content (AvgIpc) is 2.05. The third kappa shape index (κ3) is 2.20. The van der Waals surface area contributed by atoms with Gasteiger partial charge in [0.05, 0.1) is 0 Å². The zero-order valence-electron chi connectivity index (χ0n) is 7.88. The van der Waals surface area contributed by atoms with E-state index in [0.29, 0.717) is 17.6 Å². The summed E-state index contributed by atoms with van der Waals surface area (Å²) in [7, 11) is 0. The normalized spacial score (nSPS) is 29.8. The summed E-state index contributed by atoms with van der Waals surface area (Å²) in [5.41, 5.74) is 0. The molecule has 68 valence electrons. The fourth-order valence-electron chi connectivity index (χ4n) is 2.24. The molecule has 0 spiro atoms. The van der Waals surface area contributed by atoms with Gasteiger partial charge in [0, 0.05) is 5.92 Å². The van der Waals surface area contributed by atoms with Crippen LogP contribution in [0.25, 0.3) is 0 Å². The molecule has 0 aromatic heterocycles. The summed E-state index contributed by atoms with van der Waals surface area (Å²) in [5, 5.41) is 0. The van der Waals surface area contributed by atoms with E-state index in [4.69, 9.17) is 0 Å². The van der Waals surface area contributed by atoms with Crippen molar-refractivity contribution in [3.05, 3.63) is 12.7 Å². The van der Waals surface area contributed by atoms with Crippen molar-refractivity contribution in [1.29, 1.82) is 0 Å². The maximum absolute atomic E-state index is 11.2. The van der Waals surface area contributed by atoms with Crippen LogP contribution in [0, 0.1) is 11.8 Å². The molecule has 0 heterocycles. The first-order chi connectivity index (χ1) is 5.75. The van der Waals surface area contributed by atoms with Crippen molar-refractivity contribution < 1.29 is 4.79 Å². The Morgan fingerprint density at radius 3 is 2.75 bits per heavy atom. The van der Waals surface area contributed by atoms with Gasteiger partial charge in [-0.15, -0.1) is 6.58 Å². The topological polar surface area (TPSA) is 17.1 Å². The summed E-state index contributed by atoms with van der Waals surface area (Å²) in [6.07, 6.45) is 7.82. The summed E-state index contributed by atoms with van der Waals surface area (Å²) in [4.78, 5) is 11.2. The van der Waals surface area contributed by atoms with Gasteiger partial charge in [-0.1, -0.05) is 18.9 Å². The minimum Gasteiger partial charge on any atom is -0.300 e. The van der Waals surface area contributed by atoms with Crippen LogP contribution < -0.4 is 0 Å². The zero-order chi connectivity index (χ0) is 8.97. The van der Waals surface area contributed by atoms with Gasteiger partial charge < -0.3 is 0 Å². The zero-order valence-corrected chi connectivity index (χ0v) is 7.88. The lowest BCUT2D eigenvalue weighted by Gasteiger charge is -2.28. The Kier molecular flexibility index (Phi) is 3.51. The number of carbonyl (C=O) groups excluding carboxylic acids is 1. The van der Waals surface area contributed by atoms with Crippen LogP contribution in [0.15, 0.2) is 12.7 Å². The Hall–Kier alpha value is -0.590. The monoisotopic (exact) mass is 166 g/mol. The van der Waals surface area contributed by atoms with Gasteiger partial charge in [-0.2, -0.15) is 0 Å². The molecule has 0 amide bonds. The minimum absolute atomic E-state index is 0.330. The second-order valence-electron chi connectivity index (χ2n) is 3.79. The molecule has 1 saturated carbocycles. The largest absolute Gasteiger partial charge is 0.300 e. The lowest BCUT2D eigenvalue weighted by atomic mass is 9.76. The van der Waals surface area contributed by atoms with Gasteiger partial charge in [0.25, 0.3) is 0 Å². The average molecular weight is 166 g/mol. The molecule has 2 atom stereocenters. The van der Waals surface area contributed by atoms with Crippen molar-refractivity contribution in [1.82, 2.24) is 0 Å². The maximum atomic E-state index is 11.2. The molecule has 0 aromatic rings. The predicted molar refractivity (Wildman–Crippen MR) is 50.9 cm³/mol. The van der Waals surface area contributed by atoms with Crippen LogP contribution in [0.2, 0.25) is 0 Å². The summed E-state index contributed by atoms with van der Waals surface area (Å²) in [5.74, 6) is 1.30. The molecule has 0 bridgehead atoms. The van der Waals surface area contributed by atoms with E-state index in [2.05, 4.69) is 6.58 Å². The van der Waals surface area contributed by atoms with E-state index in [9.17, 15) is 4.79 Å². The molecule has 0 unspecified atom stereocenters. The van der Waals surface area contributed by atoms with Crippen molar-refractivity contribution in [2.75, 3.05) is 0 Å². The van der Waals surface area contributed by atoms with Crippen LogP contribution in [0.3, 0.4) is 0 Å². The number of Topliss-reactive ketones (excluding diaryl/α,β-unsaturated/α-hetero) is 1. The molecule has 1 nitrogen and oxygen atoms in total. The summed E-state index contributed by atoms with van der Waals surface area (Å²) in [6, 6.07) is 0. The molecular formula is C11H18O. The summed E-state index contributed by atoms with van der Waals surface area (Å²) in [6.45, 7) is 5.47. The van der Waals surface area contributed by atoms with Crippen molar-refractivity contribution in [3.63, 3.8) is 0 Å². The number of carbonyl (C=O) groups is 1. The molecule has 0 N–H and O–H groups in total. The first kappa shape index (κ1) is 9.50. The molecular weight excluding hydrogens is 148 g/mol. The quantitative estimate of drug-likeness (QED) is 0.589. The summed E-state index contributed by atoms with van der Waals surface area (Å²) >= 11 is 0. The van der Waals surface area contributed by atoms with Crippen LogP contribution in [0.5, 0.6) is 0 Å². The molecule has 0 radical (unpaired) electrons. The molecule has 1 aliphatic rings. The molecule has 1 aliphatic carbocycles. The lowest BCUT2D eigenvalue weighted by molar-refractivity contribution is -0.123. The maximum Gasteiger partial charge on any atom is 0.133 e. The number of hydrogen-bond donors (Lipinski definition) is 0. The fraction of sp³-hybridized carbons (Fsp3) is 0.727. The summed E-state index contributed by atoms with van der Waals surface area (Å²) < 4.78 is 0. The second kappa shape index (κ2) is 4.44. The van der Waals surface area contributed by atoms with E-state index in [0.717, 1.165) is 12.8 Å². The fourth-order valence-corrected chi connectivity index (χ4v) is 2.24. The lowest BCUT2D eigenvalue weighted by Crippen LogP contribution is -2.24. The van der Waals surface area contributed by atoms with Crippen molar-refractivity contribution in [3.8, 4) is 0 Å². The predicted octanol–water partition coefficient (Wildman–Crippen LogP) is 2.96. The number of hydrogen-bond acceptors (Lipinski definition) is 1. The van der Waals surface area contributed by atoms with Gasteiger partial charge >= 0.3 is 0 Å². The number of ketones is 1. The third-order valence-corrected chi connectivity index (χ3v) is 2.90. The van der Waals surface area contributed by atoms with E-state index in [1.807, 2.05) is 6.08 Å². The van der Waals surface area contributed by atoms with Crippen LogP contribution in [0.1, 0.15) is 39.0 Å². The van der Waals surface area contributed by atoms with Gasteiger partial charge in [-0.25, -0.2) is 0 Å². The van der Waals surface area contributed by atoms with Crippen LogP contribution in [-0.4, -0.2) is 5.78 Å². The van der Waals surface area contributed by atoms with E-state index < -0.39 is 0 Å². The van der Waals surface area contributed by atoms with Gasteiger partial charge in [0.2, 0.25) is 0 Å². The van der Waals surface area contributed by atoms with Gasteiger partial charge in [0.1, 0.15) is 5.78 Å². The van der Waals surface area contributed by atoms with Crippen molar-refractivity contribution in [2.45, 2.75) is 39.0 Å². The third-order valence-electron chi connectivity index (χ3n) is 2.90. The first-order valence-electron chi connectivity index (χ1n) is 4.87. The van der Waals surface area contributed by atoms with Crippen LogP contribution >= 0.6 is 0 Å². The van der Waals surface area contributed by atoms with Gasteiger partial charge in [-0.05, 0) is 32.1 Å². The molecule has 0 aromatic carbocycles. The van der Waals surface area contributed by atoms with Crippen LogP contribution in [-0.2, 0) is 4.79 Å². The number of allylic oxidation sites excluding steroid dienone is 1. The Morgan fingerprint density at radius 1 is 1.50 bits per heavy atom. The van der Waals surface area contributed by atoms with Gasteiger partial charge in [-0.3, -0.25) is 4.79 Å². The number of rotatable bonds is 3. The smallest absolute Gasteiger partial charge is 0.133 e. The first-order valence-corrected chi connectivity index (χ1v) is 4.87. The highest BCUT2D eigenvalue weighted by Gasteiger charge is 2.26. The highest BCUT2D eigenvalue weighted by Crippen LogP contribution is 2.32. The highest BCUT2D eigenvalue weighted by atomic mass is 16.1. The molecule has 0 saturated heterocycles. The highest BCUT2D eigenvalue weighted by molar-refractivity contribution is 5.78. The molecule has 1 heteroatoms. The van der Waals surface area contributed by atoms with E-state index in [1.54, 1.807) is 6.92 Å². The Bertz CT molecular complexity index is 172. The van der Waals surface area contributed by atoms with Crippen molar-refractivity contribution >= 4 is 5.78 Å². The second-order valence-corrected chi connectivity index (χ2v) is 3.79. The Morgan fingerprint density at radius 2 is 2.17 bits per heavy atom. The van der Waals surface area contributed by atoms with Crippen molar-refractivity contribution in [2.24, 2.45) is 11.8 Å². The minimum atomic E-state index is 0.330. The van der Waals surface area contributed by atoms with Gasteiger partial charge in [0.15, 0.2) is 0 Å². The SMILES string of the molecule is C=CC[C@@H]1CCCC[C@@H]1C(C)=O. The Balaban J connectivity index is 2.53. The van der Waals surface area contributed by atoms with Crippen LogP contribution in [0.4, 0.5) is 0 Å². The standard InChI is InChI=1S/C11H18O/c1-3-6-10-7-4-5-8-11(10)9(2)12/h3,10-11H,1,4-8H2,2H3/t10-,11-/m1/s1.